The van der Waals surface area contributed by atoms with Crippen molar-refractivity contribution in [2.24, 2.45) is 0 Å². The van der Waals surface area contributed by atoms with Crippen LogP contribution in [0.3, 0.4) is 0 Å². The summed E-state index contributed by atoms with van der Waals surface area (Å²) in [7, 11) is 1.68. The van der Waals surface area contributed by atoms with Gasteiger partial charge in [0.1, 0.15) is 12.4 Å². The monoisotopic (exact) mass is 637 g/mol. The minimum atomic E-state index is -4.65. The fraction of sp³-hybridized carbons (Fsp3) is 0.586. The Balaban J connectivity index is 1.48. The minimum Gasteiger partial charge on any atom is -0.465 e. The van der Waals surface area contributed by atoms with Crippen molar-refractivity contribution in [3.05, 3.63) is 40.0 Å². The van der Waals surface area contributed by atoms with E-state index >= 15 is 0 Å². The molecule has 1 aromatic carbocycles. The highest BCUT2D eigenvalue weighted by molar-refractivity contribution is 6.31. The second kappa shape index (κ2) is 13.2. The number of hydrogen-bond donors (Lipinski definition) is 1. The Labute approximate surface area is 258 Å². The highest BCUT2D eigenvalue weighted by Gasteiger charge is 2.39. The van der Waals surface area contributed by atoms with Crippen molar-refractivity contribution in [2.45, 2.75) is 57.1 Å². The smallest absolute Gasteiger partial charge is 0.419 e. The molecule has 3 atom stereocenters. The summed E-state index contributed by atoms with van der Waals surface area (Å²) < 4.78 is 53.8. The first-order valence-electron chi connectivity index (χ1n) is 14.6. The van der Waals surface area contributed by atoms with Gasteiger partial charge in [-0.05, 0) is 31.5 Å². The fourth-order valence-corrected chi connectivity index (χ4v) is 6.67. The predicted molar refractivity (Wildman–Crippen MR) is 156 cm³/mol. The molecule has 238 valence electrons. The van der Waals surface area contributed by atoms with Crippen molar-refractivity contribution in [3.63, 3.8) is 0 Å². The molecule has 0 aliphatic carbocycles. The molecule has 44 heavy (non-hydrogen) atoms. The van der Waals surface area contributed by atoms with E-state index in [1.54, 1.807) is 12.0 Å². The molecule has 0 radical (unpaired) electrons. The zero-order valence-electron chi connectivity index (χ0n) is 24.6. The molecule has 0 unspecified atom stereocenters. The van der Waals surface area contributed by atoms with Gasteiger partial charge < -0.3 is 29.3 Å². The quantitative estimate of drug-likeness (QED) is 0.449. The van der Waals surface area contributed by atoms with Crippen LogP contribution in [0.2, 0.25) is 5.02 Å². The van der Waals surface area contributed by atoms with E-state index in [0.29, 0.717) is 31.1 Å². The van der Waals surface area contributed by atoms with Gasteiger partial charge in [-0.2, -0.15) is 28.4 Å². The van der Waals surface area contributed by atoms with E-state index in [4.69, 9.17) is 26.1 Å². The number of hydrogen-bond acceptors (Lipinski definition) is 9. The highest BCUT2D eigenvalue weighted by Crippen LogP contribution is 2.43. The molecule has 11 nitrogen and oxygen atoms in total. The number of amides is 1. The Morgan fingerprint density at radius 2 is 1.98 bits per heavy atom. The number of nitrogens with zero attached hydrogens (tertiary/aromatic N) is 7. The molecule has 1 aromatic heterocycles. The van der Waals surface area contributed by atoms with Crippen LogP contribution in [0.1, 0.15) is 36.6 Å². The van der Waals surface area contributed by atoms with E-state index < -0.39 is 23.9 Å². The number of carbonyl (C=O) groups is 1. The predicted octanol–water partition coefficient (Wildman–Crippen LogP) is 4.28. The molecular formula is C29H35ClF3N7O4. The number of nitriles is 1. The molecule has 2 aromatic rings. The third-order valence-electron chi connectivity index (χ3n) is 8.63. The largest absolute Gasteiger partial charge is 0.465 e. The van der Waals surface area contributed by atoms with Gasteiger partial charge in [0.15, 0.2) is 0 Å². The van der Waals surface area contributed by atoms with E-state index in [-0.39, 0.29) is 61.5 Å². The summed E-state index contributed by atoms with van der Waals surface area (Å²) in [5.41, 5.74) is 0.362. The van der Waals surface area contributed by atoms with Crippen molar-refractivity contribution < 1.29 is 32.5 Å². The number of ether oxygens (including phenoxy) is 2. The first kappa shape index (κ1) is 31.9. The Bertz CT molecular complexity index is 1410. The number of halogens is 4. The number of anilines is 2. The van der Waals surface area contributed by atoms with Gasteiger partial charge in [0.2, 0.25) is 0 Å². The van der Waals surface area contributed by atoms with Gasteiger partial charge in [-0.25, -0.2) is 4.79 Å². The maximum Gasteiger partial charge on any atom is 0.419 e. The second-order valence-corrected chi connectivity index (χ2v) is 11.5. The molecule has 5 rings (SSSR count). The van der Waals surface area contributed by atoms with Crippen LogP contribution >= 0.6 is 11.6 Å². The van der Waals surface area contributed by atoms with E-state index in [1.165, 1.54) is 23.1 Å². The lowest BCUT2D eigenvalue weighted by Gasteiger charge is -2.41. The van der Waals surface area contributed by atoms with Crippen molar-refractivity contribution in [1.29, 1.82) is 5.26 Å². The van der Waals surface area contributed by atoms with Gasteiger partial charge in [0, 0.05) is 51.4 Å². The number of piperazine rings is 1. The third-order valence-corrected chi connectivity index (χ3v) is 8.94. The lowest BCUT2D eigenvalue weighted by molar-refractivity contribution is -0.137. The molecule has 1 N–H and O–H groups in total. The number of carboxylic acid groups (broad SMARTS) is 1. The van der Waals surface area contributed by atoms with Crippen LogP contribution in [0, 0.1) is 11.3 Å². The lowest BCUT2D eigenvalue weighted by Crippen LogP contribution is -2.55. The standard InChI is InChI=1S/C29H35ClF3N7O4/c1-3-37-15-20(43-2)13-19(37)17-44-27-35-23-16-38(24-6-4-5-22(30)25(24)29(31,32)33)10-8-21(23)26(36-27)39-11-12-40(28(41)42)18(14-39)7-9-34/h4-6,18-20H,3,7-8,10-17H2,1-2H3,(H,41,42)/t18-,19-,20+/m0/s1. The zero-order chi connectivity index (χ0) is 31.6. The number of rotatable bonds is 8. The Kier molecular flexibility index (Phi) is 9.57. The van der Waals surface area contributed by atoms with E-state index in [1.807, 2.05) is 4.90 Å². The normalized spacial score (nSPS) is 22.6. The average Bonchev–Trinajstić information content (AvgIpc) is 3.41. The van der Waals surface area contributed by atoms with Crippen LogP contribution in [0.15, 0.2) is 18.2 Å². The molecule has 3 aliphatic heterocycles. The maximum atomic E-state index is 14.0. The van der Waals surface area contributed by atoms with Crippen LogP contribution < -0.4 is 14.5 Å². The molecular weight excluding hydrogens is 603 g/mol. The Hall–Kier alpha value is -3.54. The number of alkyl halides is 3. The number of aromatic nitrogens is 2. The lowest BCUT2D eigenvalue weighted by atomic mass is 10.0. The van der Waals surface area contributed by atoms with Crippen molar-refractivity contribution >= 4 is 29.2 Å². The van der Waals surface area contributed by atoms with Gasteiger partial charge in [-0.15, -0.1) is 0 Å². The summed E-state index contributed by atoms with van der Waals surface area (Å²) in [6, 6.07) is 5.80. The first-order chi connectivity index (χ1) is 21.0. The summed E-state index contributed by atoms with van der Waals surface area (Å²) in [6.07, 6.45) is -4.53. The summed E-state index contributed by atoms with van der Waals surface area (Å²) in [4.78, 5) is 28.3. The molecule has 0 bridgehead atoms. The average molecular weight is 638 g/mol. The summed E-state index contributed by atoms with van der Waals surface area (Å²) in [5.74, 6) is 0.549. The number of methoxy groups -OCH3 is 1. The number of likely N-dealkylation sites (tertiary alicyclic amines) is 1. The fourth-order valence-electron chi connectivity index (χ4n) is 6.40. The van der Waals surface area contributed by atoms with E-state index in [0.717, 1.165) is 25.1 Å². The molecule has 2 saturated heterocycles. The second-order valence-electron chi connectivity index (χ2n) is 11.1. The van der Waals surface area contributed by atoms with Crippen LogP contribution in [0.4, 0.5) is 29.5 Å². The minimum absolute atomic E-state index is 0.0113. The Morgan fingerprint density at radius 1 is 1.18 bits per heavy atom. The molecule has 15 heteroatoms. The number of fused-ring (bicyclic) bond motifs is 1. The van der Waals surface area contributed by atoms with E-state index in [2.05, 4.69) is 22.9 Å². The van der Waals surface area contributed by atoms with Crippen LogP contribution in [-0.4, -0.2) is 102 Å². The molecule has 0 saturated carbocycles. The van der Waals surface area contributed by atoms with Crippen molar-refractivity contribution in [3.8, 4) is 12.1 Å². The van der Waals surface area contributed by atoms with Gasteiger partial charge in [-0.3, -0.25) is 4.90 Å². The summed E-state index contributed by atoms with van der Waals surface area (Å²) in [5, 5.41) is 18.6. The Morgan fingerprint density at radius 3 is 2.66 bits per heavy atom. The van der Waals surface area contributed by atoms with Crippen LogP contribution in [0.25, 0.3) is 0 Å². The highest BCUT2D eigenvalue weighted by atomic mass is 35.5. The van der Waals surface area contributed by atoms with Gasteiger partial charge in [0.25, 0.3) is 0 Å². The van der Waals surface area contributed by atoms with Crippen LogP contribution in [-0.2, 0) is 23.9 Å². The van der Waals surface area contributed by atoms with Gasteiger partial charge >= 0.3 is 18.3 Å². The topological polar surface area (TPSA) is 118 Å². The summed E-state index contributed by atoms with van der Waals surface area (Å²) >= 11 is 6.03. The maximum absolute atomic E-state index is 14.0. The number of likely N-dealkylation sites (N-methyl/N-ethyl adjacent to an activating group) is 1. The molecule has 2 fully saturated rings. The van der Waals surface area contributed by atoms with E-state index in [9.17, 15) is 28.3 Å². The van der Waals surface area contributed by atoms with Gasteiger partial charge in [-0.1, -0.05) is 24.6 Å². The SMILES string of the molecule is CCN1C[C@H](OC)C[C@H]1COc1nc2c(c(N3CCN(C(=O)O)[C@@H](CC#N)C3)n1)CCN(c1cccc(Cl)c1C(F)(F)F)C2. The molecule has 4 heterocycles. The van der Waals surface area contributed by atoms with Crippen molar-refractivity contribution in [2.75, 3.05) is 62.8 Å². The van der Waals surface area contributed by atoms with Gasteiger partial charge in [0.05, 0.1) is 53.1 Å². The molecule has 1 amide bonds. The number of benzene rings is 1. The molecule has 3 aliphatic rings. The third kappa shape index (κ3) is 6.60. The van der Waals surface area contributed by atoms with Crippen LogP contribution in [0.5, 0.6) is 6.01 Å². The zero-order valence-corrected chi connectivity index (χ0v) is 25.3. The molecule has 0 spiro atoms. The van der Waals surface area contributed by atoms with Crippen molar-refractivity contribution in [1.82, 2.24) is 19.8 Å². The first-order valence-corrected chi connectivity index (χ1v) is 14.9. The summed E-state index contributed by atoms with van der Waals surface area (Å²) in [6.45, 7) is 5.02.